The highest BCUT2D eigenvalue weighted by Crippen LogP contribution is 2.32. The van der Waals surface area contributed by atoms with Crippen LogP contribution in [0.1, 0.15) is 0 Å². The van der Waals surface area contributed by atoms with Crippen molar-refractivity contribution in [2.24, 2.45) is 0 Å². The highest BCUT2D eigenvalue weighted by atomic mass is 35.5. The fraction of sp³-hybridized carbons (Fsp3) is 0.211. The van der Waals surface area contributed by atoms with Crippen LogP contribution in [0, 0.1) is 10.1 Å². The van der Waals surface area contributed by atoms with Gasteiger partial charge in [-0.15, -0.1) is 11.3 Å². The van der Waals surface area contributed by atoms with E-state index in [2.05, 4.69) is 4.98 Å². The van der Waals surface area contributed by atoms with Crippen molar-refractivity contribution in [3.05, 3.63) is 68.0 Å². The molecule has 1 fully saturated rings. The lowest BCUT2D eigenvalue weighted by Gasteiger charge is -2.33. The second-order valence-corrected chi connectivity index (χ2v) is 10.5. The molecule has 0 unspecified atom stereocenters. The molecule has 2 heterocycles. The topological polar surface area (TPSA) is 96.6 Å². The Labute approximate surface area is 192 Å². The van der Waals surface area contributed by atoms with Gasteiger partial charge in [0.2, 0.25) is 10.0 Å². The van der Waals surface area contributed by atoms with Gasteiger partial charge in [0.05, 0.1) is 15.5 Å². The maximum atomic E-state index is 12.9. The van der Waals surface area contributed by atoms with Gasteiger partial charge in [-0.25, -0.2) is 13.4 Å². The first-order valence-electron chi connectivity index (χ1n) is 9.15. The second kappa shape index (κ2) is 8.71. The molecule has 0 radical (unpaired) electrons. The van der Waals surface area contributed by atoms with Crippen LogP contribution in [-0.4, -0.2) is 48.8 Å². The van der Waals surface area contributed by atoms with Crippen molar-refractivity contribution in [3.8, 4) is 11.3 Å². The molecule has 0 bridgehead atoms. The molecule has 2 aromatic carbocycles. The lowest BCUT2D eigenvalue weighted by molar-refractivity contribution is -0.385. The Kier molecular flexibility index (Phi) is 6.18. The predicted molar refractivity (Wildman–Crippen MR) is 122 cm³/mol. The molecular weight excluding hydrogens is 483 g/mol. The van der Waals surface area contributed by atoms with Gasteiger partial charge in [-0.2, -0.15) is 4.31 Å². The van der Waals surface area contributed by atoms with Crippen LogP contribution < -0.4 is 4.90 Å². The van der Waals surface area contributed by atoms with Crippen molar-refractivity contribution in [1.82, 2.24) is 9.29 Å². The van der Waals surface area contributed by atoms with Gasteiger partial charge in [-0.3, -0.25) is 10.1 Å². The number of rotatable bonds is 5. The molecule has 0 spiro atoms. The summed E-state index contributed by atoms with van der Waals surface area (Å²) in [6.07, 6.45) is 0. The summed E-state index contributed by atoms with van der Waals surface area (Å²) in [4.78, 5) is 16.9. The van der Waals surface area contributed by atoms with Crippen molar-refractivity contribution in [2.45, 2.75) is 4.90 Å². The molecule has 162 valence electrons. The van der Waals surface area contributed by atoms with E-state index in [1.807, 2.05) is 10.3 Å². The Morgan fingerprint density at radius 3 is 2.35 bits per heavy atom. The highest BCUT2D eigenvalue weighted by Gasteiger charge is 2.30. The summed E-state index contributed by atoms with van der Waals surface area (Å²) in [7, 11) is -3.82. The summed E-state index contributed by atoms with van der Waals surface area (Å²) in [5.74, 6) is 0. The van der Waals surface area contributed by atoms with E-state index in [4.69, 9.17) is 23.2 Å². The van der Waals surface area contributed by atoms with Crippen molar-refractivity contribution in [3.63, 3.8) is 0 Å². The van der Waals surface area contributed by atoms with Crippen LogP contribution in [-0.2, 0) is 10.0 Å². The summed E-state index contributed by atoms with van der Waals surface area (Å²) in [5.41, 5.74) is 1.30. The molecule has 1 saturated heterocycles. The van der Waals surface area contributed by atoms with Crippen LogP contribution in [0.3, 0.4) is 0 Å². The van der Waals surface area contributed by atoms with E-state index in [-0.39, 0.29) is 23.7 Å². The molecule has 0 saturated carbocycles. The molecule has 1 aromatic heterocycles. The summed E-state index contributed by atoms with van der Waals surface area (Å²) in [5, 5.41) is 14.7. The summed E-state index contributed by atoms with van der Waals surface area (Å²) in [6.45, 7) is 1.42. The zero-order valence-corrected chi connectivity index (χ0v) is 19.1. The lowest BCUT2D eigenvalue weighted by atomic mass is 10.2. The van der Waals surface area contributed by atoms with E-state index in [1.54, 1.807) is 18.2 Å². The lowest BCUT2D eigenvalue weighted by Crippen LogP contribution is -2.48. The molecule has 1 aliphatic rings. The smallest absolute Gasteiger partial charge is 0.270 e. The van der Waals surface area contributed by atoms with Gasteiger partial charge in [-0.05, 0) is 24.3 Å². The third-order valence-electron chi connectivity index (χ3n) is 4.83. The molecule has 0 aliphatic carbocycles. The van der Waals surface area contributed by atoms with Crippen LogP contribution in [0.5, 0.6) is 0 Å². The Morgan fingerprint density at radius 2 is 1.71 bits per heavy atom. The monoisotopic (exact) mass is 498 g/mol. The summed E-state index contributed by atoms with van der Waals surface area (Å²) < 4.78 is 27.2. The first-order chi connectivity index (χ1) is 14.7. The number of hydrogen-bond acceptors (Lipinski definition) is 7. The SMILES string of the molecule is O=[N+]([O-])c1cccc(S(=O)(=O)N2CCN(c3nc(-c4cc(Cl)cc(Cl)c4)cs3)CC2)c1. The number of sulfonamides is 1. The third-order valence-corrected chi connectivity index (χ3v) is 8.06. The zero-order chi connectivity index (χ0) is 22.2. The number of thiazole rings is 1. The van der Waals surface area contributed by atoms with Crippen molar-refractivity contribution < 1.29 is 13.3 Å². The molecule has 1 aliphatic heterocycles. The molecule has 0 N–H and O–H groups in total. The van der Waals surface area contributed by atoms with Gasteiger partial charge in [0.15, 0.2) is 5.13 Å². The van der Waals surface area contributed by atoms with E-state index in [1.165, 1.54) is 33.8 Å². The van der Waals surface area contributed by atoms with Crippen LogP contribution in [0.2, 0.25) is 10.0 Å². The maximum Gasteiger partial charge on any atom is 0.270 e. The molecule has 8 nitrogen and oxygen atoms in total. The standard InChI is InChI=1S/C19H16Cl2N4O4S2/c20-14-8-13(9-15(21)10-14)18-12-30-19(22-18)23-4-6-24(7-5-23)31(28,29)17-3-1-2-16(11-17)25(26)27/h1-3,8-12H,4-7H2. The largest absolute Gasteiger partial charge is 0.345 e. The number of halogens is 2. The fourth-order valence-electron chi connectivity index (χ4n) is 3.27. The van der Waals surface area contributed by atoms with Gasteiger partial charge < -0.3 is 4.90 Å². The zero-order valence-electron chi connectivity index (χ0n) is 15.9. The number of nitro benzene ring substituents is 1. The Balaban J connectivity index is 1.47. The first kappa shape index (κ1) is 22.0. The normalized spacial score (nSPS) is 15.2. The van der Waals surface area contributed by atoms with Gasteiger partial charge in [0.1, 0.15) is 0 Å². The van der Waals surface area contributed by atoms with E-state index in [0.29, 0.717) is 23.1 Å². The van der Waals surface area contributed by atoms with E-state index in [9.17, 15) is 18.5 Å². The fourth-order valence-corrected chi connectivity index (χ4v) is 6.15. The van der Waals surface area contributed by atoms with Gasteiger partial charge in [0, 0.05) is 59.3 Å². The van der Waals surface area contributed by atoms with Gasteiger partial charge >= 0.3 is 0 Å². The van der Waals surface area contributed by atoms with Crippen LogP contribution in [0.4, 0.5) is 10.8 Å². The predicted octanol–water partition coefficient (Wildman–Crippen LogP) is 4.54. The van der Waals surface area contributed by atoms with Gasteiger partial charge in [-0.1, -0.05) is 29.3 Å². The molecule has 4 rings (SSSR count). The Hall–Kier alpha value is -2.24. The second-order valence-electron chi connectivity index (χ2n) is 6.82. The number of nitro groups is 1. The minimum atomic E-state index is -3.82. The van der Waals surface area contributed by atoms with Crippen molar-refractivity contribution in [2.75, 3.05) is 31.1 Å². The summed E-state index contributed by atoms with van der Waals surface area (Å²) in [6, 6.07) is 10.3. The minimum Gasteiger partial charge on any atom is -0.345 e. The van der Waals surface area contributed by atoms with E-state index < -0.39 is 14.9 Å². The minimum absolute atomic E-state index is 0.0791. The number of hydrogen-bond donors (Lipinski definition) is 0. The number of aromatic nitrogens is 1. The highest BCUT2D eigenvalue weighted by molar-refractivity contribution is 7.89. The Morgan fingerprint density at radius 1 is 1.03 bits per heavy atom. The number of non-ortho nitro benzene ring substituents is 1. The van der Waals surface area contributed by atoms with E-state index >= 15 is 0 Å². The number of benzene rings is 2. The quantitative estimate of drug-likeness (QED) is 0.378. The van der Waals surface area contributed by atoms with Crippen molar-refractivity contribution in [1.29, 1.82) is 0 Å². The number of nitrogens with zero attached hydrogens (tertiary/aromatic N) is 4. The molecule has 0 amide bonds. The first-order valence-corrected chi connectivity index (χ1v) is 12.2. The average Bonchev–Trinajstić information content (AvgIpc) is 3.24. The average molecular weight is 499 g/mol. The Bertz CT molecular complexity index is 1220. The van der Waals surface area contributed by atoms with Crippen LogP contribution in [0.25, 0.3) is 11.3 Å². The molecule has 31 heavy (non-hydrogen) atoms. The molecule has 12 heteroatoms. The number of anilines is 1. The van der Waals surface area contributed by atoms with Crippen molar-refractivity contribution >= 4 is 55.4 Å². The van der Waals surface area contributed by atoms with Crippen LogP contribution >= 0.6 is 34.5 Å². The molecule has 3 aromatic rings. The molecule has 0 atom stereocenters. The third kappa shape index (κ3) is 4.68. The maximum absolute atomic E-state index is 12.9. The van der Waals surface area contributed by atoms with Gasteiger partial charge in [0.25, 0.3) is 5.69 Å². The van der Waals surface area contributed by atoms with Crippen LogP contribution in [0.15, 0.2) is 52.7 Å². The number of piperazine rings is 1. The van der Waals surface area contributed by atoms with E-state index in [0.717, 1.165) is 22.5 Å². The molecular formula is C19H16Cl2N4O4S2. The summed E-state index contributed by atoms with van der Waals surface area (Å²) >= 11 is 13.6.